The van der Waals surface area contributed by atoms with Gasteiger partial charge in [0, 0.05) is 24.8 Å². The Bertz CT molecular complexity index is 1040. The van der Waals surface area contributed by atoms with Crippen molar-refractivity contribution in [1.29, 1.82) is 0 Å². The minimum Gasteiger partial charge on any atom is -0.457 e. The molecule has 0 radical (unpaired) electrons. The number of aliphatic hydroxyl groups excluding tert-OH is 3. The predicted molar refractivity (Wildman–Crippen MR) is 123 cm³/mol. The number of aliphatic hydroxyl groups is 3. The molecule has 0 bridgehead atoms. The van der Waals surface area contributed by atoms with Crippen LogP contribution in [-0.2, 0) is 4.79 Å². The van der Waals surface area contributed by atoms with Gasteiger partial charge in [-0.1, -0.05) is 26.0 Å². The molecule has 1 amide bonds. The highest BCUT2D eigenvalue weighted by atomic mass is 16.5. The van der Waals surface area contributed by atoms with Gasteiger partial charge in [-0.15, -0.1) is 0 Å². The first kappa shape index (κ1) is 24.4. The number of carbonyl (C=O) groups is 1. The third-order valence-electron chi connectivity index (χ3n) is 5.30. The van der Waals surface area contributed by atoms with Crippen molar-refractivity contribution in [2.75, 3.05) is 13.2 Å². The number of amides is 1. The zero-order chi connectivity index (χ0) is 24.0. The van der Waals surface area contributed by atoms with Gasteiger partial charge in [0.15, 0.2) is 5.89 Å². The van der Waals surface area contributed by atoms with Gasteiger partial charge in [-0.05, 0) is 42.0 Å². The molecule has 0 saturated carbocycles. The monoisotopic (exact) mass is 454 g/mol. The Labute approximate surface area is 192 Å². The Morgan fingerprint density at radius 3 is 2.12 bits per heavy atom. The number of nitrogens with one attached hydrogen (secondary N) is 1. The third kappa shape index (κ3) is 6.19. The fourth-order valence-electron chi connectivity index (χ4n) is 3.44. The van der Waals surface area contributed by atoms with Crippen molar-refractivity contribution in [3.05, 3.63) is 66.2 Å². The summed E-state index contributed by atoms with van der Waals surface area (Å²) in [6, 6.07) is 14.3. The lowest BCUT2D eigenvalue weighted by atomic mass is 9.90. The van der Waals surface area contributed by atoms with Crippen molar-refractivity contribution in [1.82, 2.24) is 10.3 Å². The van der Waals surface area contributed by atoms with Gasteiger partial charge in [0.05, 0.1) is 24.9 Å². The largest absolute Gasteiger partial charge is 0.457 e. The zero-order valence-electron chi connectivity index (χ0n) is 19.0. The molecule has 0 aliphatic rings. The summed E-state index contributed by atoms with van der Waals surface area (Å²) in [5, 5.41) is 32.3. The number of oxazole rings is 1. The average Bonchev–Trinajstić information content (AvgIpc) is 3.30. The second-order valence-electron chi connectivity index (χ2n) is 8.42. The molecule has 2 aromatic carbocycles. The van der Waals surface area contributed by atoms with Crippen LogP contribution in [0.3, 0.4) is 0 Å². The number of benzene rings is 2. The summed E-state index contributed by atoms with van der Waals surface area (Å²) in [6.45, 7) is 4.35. The standard InChI is InChI=1S/C25H30N2O6/c1-16(2)24-26-22(13-32-24)18-4-8-20(9-5-18)33-21-10-6-19(7-11-21)23(31)12-25(14-28,15-29)27-17(3)30/h4-11,13,16,23,28-29,31H,12,14-15H2,1-3H3,(H,27,30). The Hall–Kier alpha value is -3.20. The number of ether oxygens (including phenoxy) is 1. The summed E-state index contributed by atoms with van der Waals surface area (Å²) in [4.78, 5) is 15.9. The van der Waals surface area contributed by atoms with Gasteiger partial charge in [0.2, 0.25) is 5.91 Å². The van der Waals surface area contributed by atoms with Gasteiger partial charge in [-0.3, -0.25) is 4.79 Å². The van der Waals surface area contributed by atoms with Gasteiger partial charge in [-0.2, -0.15) is 0 Å². The molecular weight excluding hydrogens is 424 g/mol. The lowest BCUT2D eigenvalue weighted by molar-refractivity contribution is -0.122. The van der Waals surface area contributed by atoms with Crippen LogP contribution in [0.2, 0.25) is 0 Å². The van der Waals surface area contributed by atoms with E-state index in [9.17, 15) is 20.1 Å². The first-order chi connectivity index (χ1) is 15.7. The van der Waals surface area contributed by atoms with Gasteiger partial charge in [-0.25, -0.2) is 4.98 Å². The van der Waals surface area contributed by atoms with E-state index in [1.165, 1.54) is 6.92 Å². The highest BCUT2D eigenvalue weighted by molar-refractivity contribution is 5.73. The van der Waals surface area contributed by atoms with Gasteiger partial charge >= 0.3 is 0 Å². The first-order valence-electron chi connectivity index (χ1n) is 10.8. The van der Waals surface area contributed by atoms with E-state index in [1.807, 2.05) is 38.1 Å². The Kier molecular flexibility index (Phi) is 7.86. The van der Waals surface area contributed by atoms with Crippen LogP contribution in [-0.4, -0.2) is 45.0 Å². The molecule has 0 aliphatic carbocycles. The Morgan fingerprint density at radius 2 is 1.64 bits per heavy atom. The van der Waals surface area contributed by atoms with Crippen molar-refractivity contribution in [2.24, 2.45) is 0 Å². The molecule has 0 saturated heterocycles. The molecule has 1 atom stereocenters. The van der Waals surface area contributed by atoms with E-state index in [-0.39, 0.29) is 12.3 Å². The van der Waals surface area contributed by atoms with Crippen molar-refractivity contribution < 1.29 is 29.3 Å². The number of aromatic nitrogens is 1. The van der Waals surface area contributed by atoms with Crippen LogP contribution in [0.25, 0.3) is 11.3 Å². The average molecular weight is 455 g/mol. The molecule has 1 heterocycles. The molecule has 0 aliphatic heterocycles. The summed E-state index contributed by atoms with van der Waals surface area (Å²) in [6.07, 6.45) is 0.605. The van der Waals surface area contributed by atoms with E-state index in [0.717, 1.165) is 11.3 Å². The number of hydrogen-bond acceptors (Lipinski definition) is 7. The third-order valence-corrected chi connectivity index (χ3v) is 5.30. The number of rotatable bonds is 10. The highest BCUT2D eigenvalue weighted by Crippen LogP contribution is 2.29. The summed E-state index contributed by atoms with van der Waals surface area (Å²) in [5.41, 5.74) is 0.958. The fourth-order valence-corrected chi connectivity index (χ4v) is 3.44. The van der Waals surface area contributed by atoms with E-state index < -0.39 is 30.8 Å². The highest BCUT2D eigenvalue weighted by Gasteiger charge is 2.33. The molecule has 4 N–H and O–H groups in total. The molecule has 176 valence electrons. The second kappa shape index (κ2) is 10.6. The molecule has 8 heteroatoms. The second-order valence-corrected chi connectivity index (χ2v) is 8.42. The van der Waals surface area contributed by atoms with Crippen LogP contribution in [0.4, 0.5) is 0 Å². The lowest BCUT2D eigenvalue weighted by Crippen LogP contribution is -2.54. The van der Waals surface area contributed by atoms with Crippen LogP contribution < -0.4 is 10.1 Å². The molecule has 0 spiro atoms. The maximum absolute atomic E-state index is 11.4. The zero-order valence-corrected chi connectivity index (χ0v) is 19.0. The summed E-state index contributed by atoms with van der Waals surface area (Å²) in [5.74, 6) is 1.74. The first-order valence-corrected chi connectivity index (χ1v) is 10.8. The van der Waals surface area contributed by atoms with Gasteiger partial charge in [0.1, 0.15) is 23.5 Å². The van der Waals surface area contributed by atoms with Crippen LogP contribution in [0, 0.1) is 0 Å². The Balaban J connectivity index is 1.64. The fraction of sp³-hybridized carbons (Fsp3) is 0.360. The van der Waals surface area contributed by atoms with E-state index in [1.54, 1.807) is 30.5 Å². The number of hydrogen-bond donors (Lipinski definition) is 4. The van der Waals surface area contributed by atoms with Crippen molar-refractivity contribution in [3.8, 4) is 22.8 Å². The lowest BCUT2D eigenvalue weighted by Gasteiger charge is -2.32. The normalized spacial score (nSPS) is 12.6. The van der Waals surface area contributed by atoms with Crippen LogP contribution in [0.5, 0.6) is 11.5 Å². The van der Waals surface area contributed by atoms with Crippen molar-refractivity contribution in [3.63, 3.8) is 0 Å². The van der Waals surface area contributed by atoms with Crippen molar-refractivity contribution in [2.45, 2.75) is 44.8 Å². The summed E-state index contributed by atoms with van der Waals surface area (Å²) in [7, 11) is 0. The molecule has 33 heavy (non-hydrogen) atoms. The SMILES string of the molecule is CC(=O)NC(CO)(CO)CC(O)c1ccc(Oc2ccc(-c3coc(C(C)C)n3)cc2)cc1. The molecular formula is C25H30N2O6. The molecule has 1 unspecified atom stereocenters. The number of nitrogens with zero attached hydrogens (tertiary/aromatic N) is 1. The Morgan fingerprint density at radius 1 is 1.06 bits per heavy atom. The predicted octanol–water partition coefficient (Wildman–Crippen LogP) is 3.54. The smallest absolute Gasteiger partial charge is 0.217 e. The maximum atomic E-state index is 11.4. The maximum Gasteiger partial charge on any atom is 0.217 e. The van der Waals surface area contributed by atoms with E-state index >= 15 is 0 Å². The molecule has 3 aromatic rings. The van der Waals surface area contributed by atoms with E-state index in [2.05, 4.69) is 10.3 Å². The molecule has 8 nitrogen and oxygen atoms in total. The molecule has 3 rings (SSSR count). The van der Waals surface area contributed by atoms with Crippen LogP contribution >= 0.6 is 0 Å². The van der Waals surface area contributed by atoms with Gasteiger partial charge < -0.3 is 29.8 Å². The summed E-state index contributed by atoms with van der Waals surface area (Å²) >= 11 is 0. The topological polar surface area (TPSA) is 125 Å². The molecule has 1 aromatic heterocycles. The van der Waals surface area contributed by atoms with E-state index in [0.29, 0.717) is 23.0 Å². The quantitative estimate of drug-likeness (QED) is 0.369. The van der Waals surface area contributed by atoms with Gasteiger partial charge in [0.25, 0.3) is 0 Å². The summed E-state index contributed by atoms with van der Waals surface area (Å²) < 4.78 is 11.4. The van der Waals surface area contributed by atoms with Crippen LogP contribution in [0.15, 0.2) is 59.2 Å². The minimum absolute atomic E-state index is 0.0399. The minimum atomic E-state index is -1.30. The number of carbonyl (C=O) groups excluding carboxylic acids is 1. The van der Waals surface area contributed by atoms with E-state index in [4.69, 9.17) is 9.15 Å². The van der Waals surface area contributed by atoms with Crippen LogP contribution in [0.1, 0.15) is 50.7 Å². The molecule has 0 fully saturated rings. The van der Waals surface area contributed by atoms with Crippen molar-refractivity contribution >= 4 is 5.91 Å².